The molecule has 0 saturated carbocycles. The molecule has 14 heteroatoms. The Hall–Kier alpha value is -3.70. The van der Waals surface area contributed by atoms with Gasteiger partial charge >= 0.3 is 5.51 Å². The molecule has 1 aliphatic rings. The number of anilines is 2. The first-order chi connectivity index (χ1) is 18.6. The number of piperidine rings is 1. The van der Waals surface area contributed by atoms with Crippen LogP contribution in [0.4, 0.5) is 33.3 Å². The van der Waals surface area contributed by atoms with Crippen LogP contribution < -0.4 is 26.0 Å². The van der Waals surface area contributed by atoms with E-state index in [0.29, 0.717) is 18.7 Å². The molecule has 8 nitrogen and oxygen atoms in total. The van der Waals surface area contributed by atoms with E-state index in [4.69, 9.17) is 4.74 Å². The van der Waals surface area contributed by atoms with E-state index in [9.17, 15) is 26.7 Å². The Morgan fingerprint density at radius 1 is 1.33 bits per heavy atom. The lowest BCUT2D eigenvalue weighted by atomic mass is 10.0. The minimum absolute atomic E-state index is 0.0415. The first-order valence-corrected chi connectivity index (χ1v) is 12.6. The van der Waals surface area contributed by atoms with E-state index in [1.54, 1.807) is 12.1 Å². The number of alkyl halides is 4. The van der Waals surface area contributed by atoms with Crippen LogP contribution in [0.25, 0.3) is 5.65 Å². The van der Waals surface area contributed by atoms with Gasteiger partial charge in [-0.2, -0.15) is 13.2 Å². The molecule has 3 aromatic rings. The molecule has 1 aromatic carbocycles. The molecule has 0 radical (unpaired) electrons. The van der Waals surface area contributed by atoms with Gasteiger partial charge in [0.05, 0.1) is 31.1 Å². The van der Waals surface area contributed by atoms with E-state index in [2.05, 4.69) is 38.1 Å². The smallest absolute Gasteiger partial charge is 0.447 e. The second-order valence-electron chi connectivity index (χ2n) is 8.46. The summed E-state index contributed by atoms with van der Waals surface area (Å²) in [6.45, 7) is 0.658. The summed E-state index contributed by atoms with van der Waals surface area (Å²) in [4.78, 5) is 16.3. The summed E-state index contributed by atoms with van der Waals surface area (Å²) in [6.07, 6.45) is 0.751. The van der Waals surface area contributed by atoms with Crippen LogP contribution in [-0.4, -0.2) is 66.8 Å². The third-order valence-corrected chi connectivity index (χ3v) is 6.69. The molecule has 1 fully saturated rings. The van der Waals surface area contributed by atoms with E-state index in [1.807, 2.05) is 0 Å². The molecule has 1 saturated heterocycles. The Balaban J connectivity index is 1.64. The number of imidazole rings is 1. The minimum Gasteiger partial charge on any atom is -0.492 e. The van der Waals surface area contributed by atoms with Crippen LogP contribution in [0.1, 0.15) is 22.5 Å². The highest BCUT2D eigenvalue weighted by atomic mass is 32.2. The molecule has 39 heavy (non-hydrogen) atoms. The fraction of sp³-hybridized carbons (Fsp3) is 0.360. The number of hydrogen-bond donors (Lipinski definition) is 4. The normalized spacial score (nSPS) is 17.3. The fourth-order valence-corrected chi connectivity index (χ4v) is 4.76. The Kier molecular flexibility index (Phi) is 8.71. The van der Waals surface area contributed by atoms with Crippen LogP contribution in [0.5, 0.6) is 5.75 Å². The molecule has 0 aliphatic carbocycles. The highest BCUT2D eigenvalue weighted by molar-refractivity contribution is 8.00. The number of nitrogens with zero attached hydrogens (tertiary/aromatic N) is 2. The van der Waals surface area contributed by atoms with Crippen LogP contribution in [0.15, 0.2) is 35.5 Å². The second-order valence-corrected chi connectivity index (χ2v) is 9.52. The SMILES string of the molecule is CNC(=O)c1cc(F)c(OC)c(NCC#Cc2nc3c(N[C@@H]4CCNC[C@@H]4F)cccn3c2SC(F)(F)F)c1. The van der Waals surface area contributed by atoms with Gasteiger partial charge in [0.1, 0.15) is 16.9 Å². The number of carbonyl (C=O) groups is 1. The lowest BCUT2D eigenvalue weighted by Gasteiger charge is -2.28. The summed E-state index contributed by atoms with van der Waals surface area (Å²) < 4.78 is 75.4. The maximum absolute atomic E-state index is 14.4. The summed E-state index contributed by atoms with van der Waals surface area (Å²) in [7, 11) is 2.66. The standard InChI is InChI=1S/C25H25F5N6O2S/c1-31-23(37)14-11-15(26)21(38-2)20(12-14)33-8-3-5-19-24(39-25(28,29)30)36-10-4-6-18(22(36)35-19)34-17-7-9-32-13-16(17)27/h4,6,10-12,16-17,32-34H,7-9,13H2,1-2H3,(H,31,37)/t16-,17+/m0/s1. The van der Waals surface area contributed by atoms with Crippen LogP contribution in [0, 0.1) is 17.7 Å². The van der Waals surface area contributed by atoms with Gasteiger partial charge in [-0.05, 0) is 43.2 Å². The third-order valence-electron chi connectivity index (χ3n) is 5.88. The largest absolute Gasteiger partial charge is 0.492 e. The Labute approximate surface area is 225 Å². The van der Waals surface area contributed by atoms with E-state index in [0.717, 1.165) is 6.07 Å². The number of ether oxygens (including phenoxy) is 1. The predicted molar refractivity (Wildman–Crippen MR) is 139 cm³/mol. The Bertz CT molecular complexity index is 1420. The number of rotatable bonds is 7. The van der Waals surface area contributed by atoms with Gasteiger partial charge in [0, 0.05) is 37.1 Å². The van der Waals surface area contributed by atoms with Crippen molar-refractivity contribution >= 4 is 34.7 Å². The number of amides is 1. The number of benzene rings is 1. The number of methoxy groups -OCH3 is 1. The molecule has 1 aliphatic heterocycles. The number of fused-ring (bicyclic) bond motifs is 1. The lowest BCUT2D eigenvalue weighted by molar-refractivity contribution is -0.0330. The molecular weight excluding hydrogens is 543 g/mol. The number of hydrogen-bond acceptors (Lipinski definition) is 7. The summed E-state index contributed by atoms with van der Waals surface area (Å²) >= 11 is -0.359. The van der Waals surface area contributed by atoms with Crippen molar-refractivity contribution in [3.63, 3.8) is 0 Å². The average molecular weight is 569 g/mol. The van der Waals surface area contributed by atoms with E-state index in [1.165, 1.54) is 30.8 Å². The number of nitrogens with one attached hydrogen (secondary N) is 4. The first-order valence-electron chi connectivity index (χ1n) is 11.8. The molecule has 0 spiro atoms. The van der Waals surface area contributed by atoms with Gasteiger partial charge in [0.2, 0.25) is 0 Å². The van der Waals surface area contributed by atoms with Gasteiger partial charge in [0.15, 0.2) is 17.2 Å². The number of carbonyl (C=O) groups excluding carboxylic acids is 1. The second kappa shape index (κ2) is 12.0. The molecule has 4 N–H and O–H groups in total. The fourth-order valence-electron chi connectivity index (χ4n) is 4.11. The summed E-state index contributed by atoms with van der Waals surface area (Å²) in [5, 5.41) is 11.0. The zero-order valence-corrected chi connectivity index (χ0v) is 21.7. The highest BCUT2D eigenvalue weighted by Gasteiger charge is 2.33. The quantitative estimate of drug-likeness (QED) is 0.194. The van der Waals surface area contributed by atoms with Crippen molar-refractivity contribution in [1.82, 2.24) is 20.0 Å². The number of pyridine rings is 1. The Morgan fingerprint density at radius 2 is 2.13 bits per heavy atom. The van der Waals surface area contributed by atoms with Crippen LogP contribution in [-0.2, 0) is 0 Å². The zero-order valence-electron chi connectivity index (χ0n) is 20.9. The first kappa shape index (κ1) is 28.3. The van der Waals surface area contributed by atoms with Crippen molar-refractivity contribution in [2.24, 2.45) is 0 Å². The summed E-state index contributed by atoms with van der Waals surface area (Å²) in [5.41, 5.74) is -4.01. The molecule has 0 unspecified atom stereocenters. The van der Waals surface area contributed by atoms with E-state index in [-0.39, 0.29) is 58.2 Å². The minimum atomic E-state index is -4.61. The molecule has 2 atom stereocenters. The van der Waals surface area contributed by atoms with E-state index >= 15 is 0 Å². The summed E-state index contributed by atoms with van der Waals surface area (Å²) in [5.74, 6) is 3.90. The maximum atomic E-state index is 14.4. The lowest BCUT2D eigenvalue weighted by Crippen LogP contribution is -2.45. The molecule has 0 bridgehead atoms. The van der Waals surface area contributed by atoms with Gasteiger partial charge in [-0.3, -0.25) is 9.20 Å². The molecule has 1 amide bonds. The van der Waals surface area contributed by atoms with Gasteiger partial charge in [0.25, 0.3) is 5.91 Å². The van der Waals surface area contributed by atoms with Crippen LogP contribution in [0.2, 0.25) is 0 Å². The predicted octanol–water partition coefficient (Wildman–Crippen LogP) is 4.03. The van der Waals surface area contributed by atoms with Crippen molar-refractivity contribution < 1.29 is 31.5 Å². The molecule has 208 valence electrons. The van der Waals surface area contributed by atoms with Crippen molar-refractivity contribution in [1.29, 1.82) is 0 Å². The molecular formula is C25H25F5N6O2S. The zero-order chi connectivity index (χ0) is 28.2. The number of thioether (sulfide) groups is 1. The number of aromatic nitrogens is 2. The van der Waals surface area contributed by atoms with Crippen LogP contribution in [0.3, 0.4) is 0 Å². The Morgan fingerprint density at radius 3 is 2.82 bits per heavy atom. The highest BCUT2D eigenvalue weighted by Crippen LogP contribution is 2.39. The summed E-state index contributed by atoms with van der Waals surface area (Å²) in [6, 6.07) is 5.04. The van der Waals surface area contributed by atoms with Gasteiger partial charge in [-0.15, -0.1) is 0 Å². The van der Waals surface area contributed by atoms with Gasteiger partial charge in [-0.25, -0.2) is 13.8 Å². The van der Waals surface area contributed by atoms with Crippen molar-refractivity contribution in [2.45, 2.75) is 29.2 Å². The van der Waals surface area contributed by atoms with Crippen LogP contribution >= 0.6 is 11.8 Å². The van der Waals surface area contributed by atoms with Crippen molar-refractivity contribution in [2.75, 3.05) is 44.4 Å². The monoisotopic (exact) mass is 568 g/mol. The maximum Gasteiger partial charge on any atom is 0.447 e. The topological polar surface area (TPSA) is 91.7 Å². The third kappa shape index (κ3) is 6.66. The van der Waals surface area contributed by atoms with E-state index < -0.39 is 29.4 Å². The van der Waals surface area contributed by atoms with Gasteiger partial charge < -0.3 is 26.0 Å². The van der Waals surface area contributed by atoms with Crippen molar-refractivity contribution in [3.05, 3.63) is 47.5 Å². The average Bonchev–Trinajstić information content (AvgIpc) is 3.23. The number of halogens is 5. The molecule has 4 rings (SSSR count). The molecule has 3 heterocycles. The van der Waals surface area contributed by atoms with Gasteiger partial charge in [-0.1, -0.05) is 5.92 Å². The van der Waals surface area contributed by atoms with Crippen molar-refractivity contribution in [3.8, 4) is 17.6 Å². The molecule has 2 aromatic heterocycles.